The maximum atomic E-state index is 13.5. The van der Waals surface area contributed by atoms with E-state index >= 15 is 0 Å². The first-order valence-corrected chi connectivity index (χ1v) is 17.7. The van der Waals surface area contributed by atoms with Crippen LogP contribution in [0.1, 0.15) is 58.1 Å². The molecule has 1 saturated heterocycles. The molecule has 2 atom stereocenters. The van der Waals surface area contributed by atoms with Gasteiger partial charge in [0.15, 0.2) is 5.11 Å². The molecular formula is C34H41F6N3OSSi. The molecule has 3 aromatic carbocycles. The third-order valence-electron chi connectivity index (χ3n) is 8.41. The lowest BCUT2D eigenvalue weighted by atomic mass is 10.1. The lowest BCUT2D eigenvalue weighted by Gasteiger charge is -2.46. The molecule has 0 spiro atoms. The summed E-state index contributed by atoms with van der Waals surface area (Å²) in [4.78, 5) is 2.29. The Balaban J connectivity index is 1.69. The van der Waals surface area contributed by atoms with Crippen LogP contribution in [0.25, 0.3) is 0 Å². The van der Waals surface area contributed by atoms with Gasteiger partial charge in [-0.2, -0.15) is 26.3 Å². The number of rotatable bonds is 9. The van der Waals surface area contributed by atoms with Crippen molar-refractivity contribution in [2.24, 2.45) is 0 Å². The summed E-state index contributed by atoms with van der Waals surface area (Å²) < 4.78 is 88.5. The molecule has 1 heterocycles. The summed E-state index contributed by atoms with van der Waals surface area (Å²) in [5.41, 5.74) is -3.24. The van der Waals surface area contributed by atoms with Crippen molar-refractivity contribution in [3.8, 4) is 0 Å². The molecule has 0 radical (unpaired) electrons. The van der Waals surface area contributed by atoms with Gasteiger partial charge in [0.25, 0.3) is 8.32 Å². The molecule has 0 amide bonds. The minimum absolute atomic E-state index is 0.0904. The minimum atomic E-state index is -4.97. The Kier molecular flexibility index (Phi) is 11.3. The smallest absolute Gasteiger partial charge is 0.403 e. The SMILES string of the molecule is C[C@@H](O[Si](c1ccccc1)(c1ccccc1)C(C)(C)C)[C@@H](CN1CCCCC1)NC(=S)Nc1cc(C(F)(F)F)cc(C(F)(F)F)c1. The highest BCUT2D eigenvalue weighted by Crippen LogP contribution is 2.39. The summed E-state index contributed by atoms with van der Waals surface area (Å²) in [6, 6.07) is 21.2. The topological polar surface area (TPSA) is 36.5 Å². The summed E-state index contributed by atoms with van der Waals surface area (Å²) in [5, 5.41) is 7.59. The minimum Gasteiger partial charge on any atom is -0.403 e. The van der Waals surface area contributed by atoms with Gasteiger partial charge in [0.2, 0.25) is 0 Å². The standard InChI is InChI=1S/C34H41F6N3OSSi/c1-24(44-46(32(2,3)4,28-14-8-5-9-15-28)29-16-10-6-11-17-29)30(23-43-18-12-7-13-19-43)42-31(45)41-27-21-25(33(35,36)37)20-26(22-27)34(38,39)40/h5-6,8-11,14-17,20-22,24,30H,7,12-13,18-19,23H2,1-4H3,(H2,41,42,45)/t24-,30-/m1/s1. The van der Waals surface area contributed by atoms with Crippen molar-refractivity contribution >= 4 is 41.7 Å². The van der Waals surface area contributed by atoms with Crippen LogP contribution < -0.4 is 21.0 Å². The Morgan fingerprint density at radius 2 is 1.28 bits per heavy atom. The first-order valence-electron chi connectivity index (χ1n) is 15.4. The second kappa shape index (κ2) is 14.5. The zero-order valence-corrected chi connectivity index (χ0v) is 28.3. The molecule has 250 valence electrons. The van der Waals surface area contributed by atoms with Gasteiger partial charge in [-0.3, -0.25) is 0 Å². The van der Waals surface area contributed by atoms with Crippen LogP contribution in [0.3, 0.4) is 0 Å². The molecule has 0 unspecified atom stereocenters. The van der Waals surface area contributed by atoms with Crippen LogP contribution in [0.5, 0.6) is 0 Å². The van der Waals surface area contributed by atoms with Crippen molar-refractivity contribution in [3.63, 3.8) is 0 Å². The van der Waals surface area contributed by atoms with Crippen molar-refractivity contribution in [3.05, 3.63) is 90.0 Å². The van der Waals surface area contributed by atoms with Gasteiger partial charge < -0.3 is 20.0 Å². The average molecular weight is 682 g/mol. The third kappa shape index (κ3) is 8.70. The molecule has 4 nitrogen and oxygen atoms in total. The molecule has 0 aromatic heterocycles. The number of piperidine rings is 1. The monoisotopic (exact) mass is 681 g/mol. The summed E-state index contributed by atoms with van der Waals surface area (Å²) in [6.07, 6.45) is -7.21. The van der Waals surface area contributed by atoms with Crippen molar-refractivity contribution in [2.75, 3.05) is 25.0 Å². The Morgan fingerprint density at radius 1 is 0.804 bits per heavy atom. The van der Waals surface area contributed by atoms with Gasteiger partial charge in [-0.25, -0.2) is 0 Å². The van der Waals surface area contributed by atoms with Gasteiger partial charge in [0.1, 0.15) is 0 Å². The molecule has 0 aliphatic carbocycles. The Morgan fingerprint density at radius 3 is 1.72 bits per heavy atom. The van der Waals surface area contributed by atoms with E-state index in [1.54, 1.807) is 0 Å². The van der Waals surface area contributed by atoms with Crippen LogP contribution in [0.2, 0.25) is 5.04 Å². The molecule has 0 saturated carbocycles. The highest BCUT2D eigenvalue weighted by Gasteiger charge is 2.51. The fourth-order valence-corrected chi connectivity index (χ4v) is 11.2. The van der Waals surface area contributed by atoms with E-state index in [4.69, 9.17) is 16.6 Å². The molecule has 3 aromatic rings. The molecule has 1 fully saturated rings. The first-order chi connectivity index (χ1) is 21.5. The summed E-state index contributed by atoms with van der Waals surface area (Å²) in [7, 11) is -3.00. The summed E-state index contributed by atoms with van der Waals surface area (Å²) >= 11 is 5.53. The maximum absolute atomic E-state index is 13.5. The third-order valence-corrected chi connectivity index (χ3v) is 13.8. The molecular weight excluding hydrogens is 641 g/mol. The summed E-state index contributed by atoms with van der Waals surface area (Å²) in [6.45, 7) is 10.7. The number of nitrogens with zero attached hydrogens (tertiary/aromatic N) is 1. The van der Waals surface area contributed by atoms with E-state index in [0.29, 0.717) is 18.7 Å². The second-order valence-corrected chi connectivity index (χ2v) is 17.5. The van der Waals surface area contributed by atoms with Crippen molar-refractivity contribution < 1.29 is 30.8 Å². The number of likely N-dealkylation sites (tertiary alicyclic amines) is 1. The van der Waals surface area contributed by atoms with Gasteiger partial charge in [-0.15, -0.1) is 0 Å². The van der Waals surface area contributed by atoms with Gasteiger partial charge >= 0.3 is 12.4 Å². The Bertz CT molecular complexity index is 1370. The largest absolute Gasteiger partial charge is 0.416 e. The highest BCUT2D eigenvalue weighted by atomic mass is 32.1. The van der Waals surface area contributed by atoms with Crippen molar-refractivity contribution in [1.29, 1.82) is 0 Å². The quantitative estimate of drug-likeness (QED) is 0.137. The van der Waals surface area contributed by atoms with Gasteiger partial charge in [0, 0.05) is 12.2 Å². The fraction of sp³-hybridized carbons (Fsp3) is 0.441. The number of hydrogen-bond acceptors (Lipinski definition) is 3. The number of anilines is 1. The van der Waals surface area contributed by atoms with Crippen molar-refractivity contribution in [1.82, 2.24) is 10.2 Å². The molecule has 0 bridgehead atoms. The molecule has 1 aliphatic rings. The predicted octanol–water partition coefficient (Wildman–Crippen LogP) is 7.83. The highest BCUT2D eigenvalue weighted by molar-refractivity contribution is 7.80. The molecule has 4 rings (SSSR count). The first kappa shape index (κ1) is 35.9. The summed E-state index contributed by atoms with van der Waals surface area (Å²) in [5.74, 6) is 0. The predicted molar refractivity (Wildman–Crippen MR) is 178 cm³/mol. The van der Waals surface area contributed by atoms with E-state index < -0.39 is 49.6 Å². The van der Waals surface area contributed by atoms with Crippen LogP contribution in [-0.2, 0) is 16.8 Å². The number of alkyl halides is 6. The second-order valence-electron chi connectivity index (χ2n) is 12.8. The van der Waals surface area contributed by atoms with Crippen molar-refractivity contribution in [2.45, 2.75) is 76.5 Å². The van der Waals surface area contributed by atoms with E-state index in [1.807, 2.05) is 43.3 Å². The van der Waals surface area contributed by atoms with Gasteiger partial charge in [-0.05, 0) is 78.7 Å². The number of thiocarbonyl (C=S) groups is 1. The van der Waals surface area contributed by atoms with E-state index in [0.717, 1.165) is 42.7 Å². The maximum Gasteiger partial charge on any atom is 0.416 e. The molecule has 1 aliphatic heterocycles. The van der Waals surface area contributed by atoms with Crippen LogP contribution in [0, 0.1) is 0 Å². The number of nitrogens with one attached hydrogen (secondary N) is 2. The van der Waals surface area contributed by atoms with Gasteiger partial charge in [0.05, 0.1) is 23.3 Å². The van der Waals surface area contributed by atoms with E-state index in [9.17, 15) is 26.3 Å². The Labute approximate surface area is 273 Å². The van der Waals surface area contributed by atoms with E-state index in [-0.39, 0.29) is 16.2 Å². The van der Waals surface area contributed by atoms with Crippen LogP contribution >= 0.6 is 12.2 Å². The van der Waals surface area contributed by atoms with E-state index in [1.165, 1.54) is 0 Å². The Hall–Kier alpha value is -2.93. The van der Waals surface area contributed by atoms with Crippen LogP contribution in [-0.4, -0.2) is 50.1 Å². The normalized spacial score (nSPS) is 16.5. The average Bonchev–Trinajstić information content (AvgIpc) is 2.99. The molecule has 2 N–H and O–H groups in total. The van der Waals surface area contributed by atoms with Gasteiger partial charge in [-0.1, -0.05) is 87.9 Å². The zero-order chi connectivity index (χ0) is 33.8. The van der Waals surface area contributed by atoms with Crippen LogP contribution in [0.4, 0.5) is 32.0 Å². The van der Waals surface area contributed by atoms with Crippen LogP contribution in [0.15, 0.2) is 78.9 Å². The molecule has 46 heavy (non-hydrogen) atoms. The number of benzene rings is 3. The fourth-order valence-electron chi connectivity index (χ4n) is 6.15. The molecule has 12 heteroatoms. The number of halogens is 6. The lowest BCUT2D eigenvalue weighted by molar-refractivity contribution is -0.143. The number of hydrogen-bond donors (Lipinski definition) is 2. The zero-order valence-electron chi connectivity index (χ0n) is 26.4. The lowest BCUT2D eigenvalue weighted by Crippen LogP contribution is -2.69. The van der Waals surface area contributed by atoms with E-state index in [2.05, 4.69) is 60.6 Å².